The molecule has 4 aromatic carbocycles. The highest BCUT2D eigenvalue weighted by Gasteiger charge is 2.20. The van der Waals surface area contributed by atoms with Gasteiger partial charge >= 0.3 is 5.69 Å². The average Bonchev–Trinajstić information content (AvgIpc) is 3.40. The van der Waals surface area contributed by atoms with E-state index < -0.39 is 10.5 Å². The van der Waals surface area contributed by atoms with Gasteiger partial charge in [0, 0.05) is 17.0 Å². The van der Waals surface area contributed by atoms with Gasteiger partial charge in [0.25, 0.3) is 5.56 Å². The van der Waals surface area contributed by atoms with Gasteiger partial charge in [-0.05, 0) is 35.9 Å². The third-order valence-corrected chi connectivity index (χ3v) is 6.16. The van der Waals surface area contributed by atoms with Crippen LogP contribution in [-0.2, 0) is 6.61 Å². The molecule has 2 heterocycles. The molecule has 0 radical (unpaired) electrons. The Hall–Kier alpha value is -5.57. The van der Waals surface area contributed by atoms with Crippen molar-refractivity contribution in [2.75, 3.05) is 0 Å². The first kappa shape index (κ1) is 23.8. The van der Waals surface area contributed by atoms with Gasteiger partial charge in [-0.15, -0.1) is 0 Å². The molecule has 0 unspecified atom stereocenters. The number of benzene rings is 4. The Balaban J connectivity index is 1.48. The number of ether oxygens (including phenoxy) is 1. The number of nitro benzene ring substituents is 1. The van der Waals surface area contributed by atoms with Gasteiger partial charge < -0.3 is 9.15 Å². The number of furan rings is 1. The summed E-state index contributed by atoms with van der Waals surface area (Å²) in [6.45, 7) is 0.119. The van der Waals surface area contributed by atoms with Gasteiger partial charge in [-0.2, -0.15) is 9.78 Å². The number of rotatable bonds is 7. The second kappa shape index (κ2) is 10.1. The van der Waals surface area contributed by atoms with Crippen LogP contribution in [-0.4, -0.2) is 20.8 Å². The third kappa shape index (κ3) is 4.64. The highest BCUT2D eigenvalue weighted by Crippen LogP contribution is 2.31. The lowest BCUT2D eigenvalue weighted by Gasteiger charge is -2.10. The molecule has 6 rings (SSSR count). The Morgan fingerprint density at radius 3 is 2.54 bits per heavy atom. The molecule has 0 spiro atoms. The molecule has 0 amide bonds. The van der Waals surface area contributed by atoms with Crippen molar-refractivity contribution in [3.05, 3.63) is 135 Å². The van der Waals surface area contributed by atoms with E-state index in [0.717, 1.165) is 15.6 Å². The van der Waals surface area contributed by atoms with E-state index in [1.54, 1.807) is 36.4 Å². The van der Waals surface area contributed by atoms with Crippen LogP contribution in [0.1, 0.15) is 11.1 Å². The van der Waals surface area contributed by atoms with Crippen molar-refractivity contribution >= 4 is 33.8 Å². The van der Waals surface area contributed by atoms with Crippen molar-refractivity contribution in [1.29, 1.82) is 0 Å². The highest BCUT2D eigenvalue weighted by atomic mass is 16.6. The molecule has 0 fully saturated rings. The first-order valence-corrected chi connectivity index (χ1v) is 12.1. The summed E-state index contributed by atoms with van der Waals surface area (Å²) < 4.78 is 13.0. The van der Waals surface area contributed by atoms with Crippen molar-refractivity contribution in [2.24, 2.45) is 5.10 Å². The Morgan fingerprint density at radius 1 is 0.949 bits per heavy atom. The normalized spacial score (nSPS) is 11.4. The average molecular weight is 517 g/mol. The predicted octanol–water partition coefficient (Wildman–Crippen LogP) is 6.18. The number of para-hydroxylation sites is 3. The summed E-state index contributed by atoms with van der Waals surface area (Å²) in [5.41, 5.74) is 1.68. The zero-order valence-electron chi connectivity index (χ0n) is 20.4. The van der Waals surface area contributed by atoms with Crippen LogP contribution in [0.15, 0.2) is 117 Å². The smallest absolute Gasteiger partial charge is 0.311 e. The number of fused-ring (bicyclic) bond motifs is 2. The maximum Gasteiger partial charge on any atom is 0.311 e. The van der Waals surface area contributed by atoms with Crippen molar-refractivity contribution in [3.63, 3.8) is 0 Å². The second-order valence-electron chi connectivity index (χ2n) is 8.69. The van der Waals surface area contributed by atoms with E-state index >= 15 is 0 Å². The first-order valence-electron chi connectivity index (χ1n) is 12.1. The molecule has 6 aromatic rings. The first-order chi connectivity index (χ1) is 19.1. The van der Waals surface area contributed by atoms with Gasteiger partial charge in [-0.3, -0.25) is 14.9 Å². The second-order valence-corrected chi connectivity index (χ2v) is 8.69. The Kier molecular flexibility index (Phi) is 6.14. The minimum absolute atomic E-state index is 0.0437. The third-order valence-electron chi connectivity index (χ3n) is 6.16. The molecule has 0 N–H and O–H groups in total. The lowest BCUT2D eigenvalue weighted by molar-refractivity contribution is -0.385. The fraction of sp³-hybridized carbons (Fsp3) is 0.0333. The standard InChI is InChI=1S/C30H20N4O5/c35-30-23-13-5-6-14-24(23)32-29(27-17-21-11-4-7-16-26(21)39-27)33(30)31-18-22-12-8-15-25(34(36)37)28(22)38-19-20-9-2-1-3-10-20/h1-18H,19H2. The summed E-state index contributed by atoms with van der Waals surface area (Å²) in [5, 5.41) is 17.4. The van der Waals surface area contributed by atoms with Gasteiger partial charge in [0.15, 0.2) is 5.76 Å². The van der Waals surface area contributed by atoms with Crippen LogP contribution in [0.5, 0.6) is 5.75 Å². The van der Waals surface area contributed by atoms with Crippen molar-refractivity contribution in [1.82, 2.24) is 9.66 Å². The van der Waals surface area contributed by atoms with Crippen molar-refractivity contribution in [2.45, 2.75) is 6.61 Å². The molecule has 39 heavy (non-hydrogen) atoms. The zero-order chi connectivity index (χ0) is 26.8. The lowest BCUT2D eigenvalue weighted by Crippen LogP contribution is -2.20. The molecular formula is C30H20N4O5. The van der Waals surface area contributed by atoms with Gasteiger partial charge in [0.1, 0.15) is 12.2 Å². The maximum absolute atomic E-state index is 13.6. The lowest BCUT2D eigenvalue weighted by atomic mass is 10.2. The van der Waals surface area contributed by atoms with E-state index in [-0.39, 0.29) is 23.9 Å². The molecule has 9 nitrogen and oxygen atoms in total. The summed E-state index contributed by atoms with van der Waals surface area (Å²) in [5.74, 6) is 0.598. The minimum Gasteiger partial charge on any atom is -0.481 e. The van der Waals surface area contributed by atoms with E-state index in [1.165, 1.54) is 18.3 Å². The zero-order valence-corrected chi connectivity index (χ0v) is 20.4. The van der Waals surface area contributed by atoms with Crippen molar-refractivity contribution in [3.8, 4) is 17.3 Å². The minimum atomic E-state index is -0.513. The summed E-state index contributed by atoms with van der Waals surface area (Å²) >= 11 is 0. The van der Waals surface area contributed by atoms with Crippen LogP contribution < -0.4 is 10.3 Å². The number of nitrogens with zero attached hydrogens (tertiary/aromatic N) is 4. The number of aromatic nitrogens is 2. The van der Waals surface area contributed by atoms with Gasteiger partial charge in [0.2, 0.25) is 11.6 Å². The topological polar surface area (TPSA) is 113 Å². The van der Waals surface area contributed by atoms with Crippen LogP contribution in [0.3, 0.4) is 0 Å². The molecule has 0 aliphatic heterocycles. The number of hydrogen-bond acceptors (Lipinski definition) is 7. The van der Waals surface area contributed by atoms with Gasteiger partial charge in [-0.25, -0.2) is 4.98 Å². The van der Waals surface area contributed by atoms with E-state index in [1.807, 2.05) is 54.6 Å². The fourth-order valence-electron chi connectivity index (χ4n) is 4.28. The molecule has 0 bridgehead atoms. The monoisotopic (exact) mass is 516 g/mol. The van der Waals surface area contributed by atoms with Crippen LogP contribution in [0.2, 0.25) is 0 Å². The molecule has 0 aliphatic rings. The Labute approximate surface area is 221 Å². The van der Waals surface area contributed by atoms with Gasteiger partial charge in [-0.1, -0.05) is 66.7 Å². The Morgan fingerprint density at radius 2 is 1.72 bits per heavy atom. The molecule has 9 heteroatoms. The summed E-state index contributed by atoms with van der Waals surface area (Å²) in [6.07, 6.45) is 1.36. The van der Waals surface area contributed by atoms with Gasteiger partial charge in [0.05, 0.1) is 22.0 Å². The van der Waals surface area contributed by atoms with Crippen LogP contribution in [0.25, 0.3) is 33.5 Å². The summed E-state index contributed by atoms with van der Waals surface area (Å²) in [7, 11) is 0. The molecule has 2 aromatic heterocycles. The molecular weight excluding hydrogens is 496 g/mol. The van der Waals surface area contributed by atoms with Crippen molar-refractivity contribution < 1.29 is 14.1 Å². The van der Waals surface area contributed by atoms with E-state index in [4.69, 9.17) is 9.15 Å². The van der Waals surface area contributed by atoms with E-state index in [0.29, 0.717) is 27.8 Å². The maximum atomic E-state index is 13.6. The summed E-state index contributed by atoms with van der Waals surface area (Å²) in [4.78, 5) is 29.5. The quantitative estimate of drug-likeness (QED) is 0.142. The van der Waals surface area contributed by atoms with Crippen LogP contribution in [0, 0.1) is 10.1 Å². The van der Waals surface area contributed by atoms with Crippen LogP contribution >= 0.6 is 0 Å². The molecule has 0 atom stereocenters. The van der Waals surface area contributed by atoms with E-state index in [2.05, 4.69) is 10.1 Å². The van der Waals surface area contributed by atoms with Crippen LogP contribution in [0.4, 0.5) is 5.69 Å². The number of hydrogen-bond donors (Lipinski definition) is 0. The number of nitro groups is 1. The summed E-state index contributed by atoms with van der Waals surface area (Å²) in [6, 6.07) is 30.1. The molecule has 190 valence electrons. The fourth-order valence-corrected chi connectivity index (χ4v) is 4.28. The Bertz CT molecular complexity index is 1890. The molecule has 0 saturated carbocycles. The largest absolute Gasteiger partial charge is 0.481 e. The molecule has 0 aliphatic carbocycles. The molecule has 0 saturated heterocycles. The highest BCUT2D eigenvalue weighted by molar-refractivity contribution is 5.87. The SMILES string of the molecule is O=c1c2ccccc2nc(-c2cc3ccccc3o2)n1N=Cc1cccc([N+](=O)[O-])c1OCc1ccccc1. The van der Waals surface area contributed by atoms with E-state index in [9.17, 15) is 14.9 Å². The predicted molar refractivity (Wildman–Crippen MR) is 148 cm³/mol.